The van der Waals surface area contributed by atoms with Gasteiger partial charge in [0.2, 0.25) is 10.0 Å². The van der Waals surface area contributed by atoms with Crippen LogP contribution in [-0.2, 0) is 10.0 Å². The maximum absolute atomic E-state index is 12.6. The summed E-state index contributed by atoms with van der Waals surface area (Å²) < 4.78 is 26.8. The van der Waals surface area contributed by atoms with Gasteiger partial charge in [-0.1, -0.05) is 36.4 Å². The highest BCUT2D eigenvalue weighted by molar-refractivity contribution is 7.89. The molecule has 3 atom stereocenters. The molecule has 4 rings (SSSR count). The molecule has 2 saturated heterocycles. The maximum atomic E-state index is 12.6. The van der Waals surface area contributed by atoms with Gasteiger partial charge in [0.05, 0.1) is 24.0 Å². The van der Waals surface area contributed by atoms with Crippen molar-refractivity contribution in [3.63, 3.8) is 0 Å². The van der Waals surface area contributed by atoms with E-state index in [1.165, 1.54) is 0 Å². The molecular formula is C24H29N3O3S. The fourth-order valence-corrected chi connectivity index (χ4v) is 6.16. The Morgan fingerprint density at radius 2 is 1.84 bits per heavy atom. The lowest BCUT2D eigenvalue weighted by Crippen LogP contribution is -2.67. The lowest BCUT2D eigenvalue weighted by Gasteiger charge is -2.57. The molecule has 0 unspecified atom stereocenters. The minimum absolute atomic E-state index is 0.0158. The highest BCUT2D eigenvalue weighted by Crippen LogP contribution is 2.42. The van der Waals surface area contributed by atoms with Crippen molar-refractivity contribution >= 4 is 10.0 Å². The number of hydrogen-bond acceptors (Lipinski definition) is 5. The van der Waals surface area contributed by atoms with Gasteiger partial charge in [-0.25, -0.2) is 12.7 Å². The number of rotatable bonds is 5. The number of benzene rings is 2. The third-order valence-electron chi connectivity index (χ3n) is 6.71. The standard InChI is InChI=1S/C24H29N3O3S/c1-2-31(29,30)26-12-3-4-13-27-22(16-26)24(23(27)17-28)20-10-8-19(9-11-20)21-7-5-6-18(14-21)15-25/h5-11,14,22-24,28H,2-4,12-13,16-17H2,1H3/t22-,23-,24+/m0/s1. The van der Waals surface area contributed by atoms with Crippen molar-refractivity contribution < 1.29 is 13.5 Å². The molecule has 7 heteroatoms. The second-order valence-electron chi connectivity index (χ2n) is 8.36. The van der Waals surface area contributed by atoms with Gasteiger partial charge in [0.25, 0.3) is 0 Å². The van der Waals surface area contributed by atoms with Gasteiger partial charge in [-0.2, -0.15) is 5.26 Å². The third kappa shape index (κ3) is 4.26. The van der Waals surface area contributed by atoms with Crippen LogP contribution in [0.3, 0.4) is 0 Å². The Bertz CT molecular complexity index is 1060. The molecule has 31 heavy (non-hydrogen) atoms. The van der Waals surface area contributed by atoms with Crippen LogP contribution >= 0.6 is 0 Å². The molecule has 2 aliphatic rings. The first-order chi connectivity index (χ1) is 15.0. The molecule has 1 N–H and O–H groups in total. The summed E-state index contributed by atoms with van der Waals surface area (Å²) in [4.78, 5) is 2.28. The van der Waals surface area contributed by atoms with Crippen LogP contribution in [0.1, 0.15) is 36.8 Å². The van der Waals surface area contributed by atoms with E-state index >= 15 is 0 Å². The van der Waals surface area contributed by atoms with E-state index in [0.717, 1.165) is 36.1 Å². The van der Waals surface area contributed by atoms with Crippen molar-refractivity contribution in [1.29, 1.82) is 5.26 Å². The van der Waals surface area contributed by atoms with Crippen molar-refractivity contribution in [2.75, 3.05) is 32.0 Å². The number of aliphatic hydroxyl groups excluding tert-OH is 1. The highest BCUT2D eigenvalue weighted by atomic mass is 32.2. The molecule has 0 aliphatic carbocycles. The van der Waals surface area contributed by atoms with Crippen molar-refractivity contribution in [1.82, 2.24) is 9.21 Å². The van der Waals surface area contributed by atoms with E-state index in [2.05, 4.69) is 23.1 Å². The van der Waals surface area contributed by atoms with Gasteiger partial charge >= 0.3 is 0 Å². The van der Waals surface area contributed by atoms with E-state index in [4.69, 9.17) is 5.26 Å². The monoisotopic (exact) mass is 439 g/mol. The molecule has 0 bridgehead atoms. The number of fused-ring (bicyclic) bond motifs is 1. The fraction of sp³-hybridized carbons (Fsp3) is 0.458. The summed E-state index contributed by atoms with van der Waals surface area (Å²) in [6.45, 7) is 3.70. The normalized spacial score (nSPS) is 25.0. The van der Waals surface area contributed by atoms with Crippen LogP contribution in [0.15, 0.2) is 48.5 Å². The minimum Gasteiger partial charge on any atom is -0.395 e. The average molecular weight is 440 g/mol. The topological polar surface area (TPSA) is 84.6 Å². The number of nitriles is 1. The van der Waals surface area contributed by atoms with Crippen LogP contribution in [0.4, 0.5) is 0 Å². The molecule has 164 valence electrons. The van der Waals surface area contributed by atoms with Crippen LogP contribution in [0.25, 0.3) is 11.1 Å². The predicted octanol–water partition coefficient (Wildman–Crippen LogP) is 2.80. The Hall–Kier alpha value is -2.24. The molecule has 0 saturated carbocycles. The van der Waals surface area contributed by atoms with Crippen molar-refractivity contribution in [3.8, 4) is 17.2 Å². The van der Waals surface area contributed by atoms with Crippen LogP contribution in [0, 0.1) is 11.3 Å². The zero-order valence-electron chi connectivity index (χ0n) is 17.8. The van der Waals surface area contributed by atoms with Crippen molar-refractivity contribution in [3.05, 3.63) is 59.7 Å². The SMILES string of the molecule is CCS(=O)(=O)N1CCCCN2[C@@H](CO)[C@H](c3ccc(-c4cccc(C#N)c4)cc3)[C@@H]2C1. The van der Waals surface area contributed by atoms with Gasteiger partial charge in [-0.05, 0) is 55.1 Å². The summed E-state index contributed by atoms with van der Waals surface area (Å²) in [5.41, 5.74) is 3.77. The van der Waals surface area contributed by atoms with Crippen LogP contribution < -0.4 is 0 Å². The molecule has 6 nitrogen and oxygen atoms in total. The highest BCUT2D eigenvalue weighted by Gasteiger charge is 2.49. The summed E-state index contributed by atoms with van der Waals surface area (Å²) in [6.07, 6.45) is 1.78. The Labute approximate surface area is 184 Å². The van der Waals surface area contributed by atoms with E-state index in [0.29, 0.717) is 18.7 Å². The summed E-state index contributed by atoms with van der Waals surface area (Å²) in [7, 11) is -3.24. The van der Waals surface area contributed by atoms with Gasteiger partial charge in [-0.15, -0.1) is 0 Å². The first kappa shape index (κ1) is 22.0. The Kier molecular flexibility index (Phi) is 6.44. The first-order valence-electron chi connectivity index (χ1n) is 10.9. The van der Waals surface area contributed by atoms with Gasteiger partial charge < -0.3 is 5.11 Å². The summed E-state index contributed by atoms with van der Waals surface area (Å²) in [6, 6.07) is 18.0. The van der Waals surface area contributed by atoms with Gasteiger partial charge in [0.1, 0.15) is 0 Å². The molecular weight excluding hydrogens is 410 g/mol. The third-order valence-corrected chi connectivity index (χ3v) is 8.56. The Morgan fingerprint density at radius 1 is 1.10 bits per heavy atom. The average Bonchev–Trinajstić information content (AvgIpc) is 2.78. The first-order valence-corrected chi connectivity index (χ1v) is 12.5. The van der Waals surface area contributed by atoms with E-state index in [-0.39, 0.29) is 30.4 Å². The predicted molar refractivity (Wildman–Crippen MR) is 121 cm³/mol. The van der Waals surface area contributed by atoms with Crippen LogP contribution in [0.5, 0.6) is 0 Å². The smallest absolute Gasteiger partial charge is 0.213 e. The molecule has 2 fully saturated rings. The molecule has 0 amide bonds. The molecule has 2 aromatic carbocycles. The zero-order chi connectivity index (χ0) is 22.0. The summed E-state index contributed by atoms with van der Waals surface area (Å²) >= 11 is 0. The minimum atomic E-state index is -3.24. The number of aliphatic hydroxyl groups is 1. The largest absolute Gasteiger partial charge is 0.395 e. The number of nitrogens with zero attached hydrogens (tertiary/aromatic N) is 3. The van der Waals surface area contributed by atoms with E-state index < -0.39 is 10.0 Å². The lowest BCUT2D eigenvalue weighted by atomic mass is 9.74. The van der Waals surface area contributed by atoms with Crippen molar-refractivity contribution in [2.24, 2.45) is 0 Å². The number of sulfonamides is 1. The fourth-order valence-electron chi connectivity index (χ4n) is 5.01. The summed E-state index contributed by atoms with van der Waals surface area (Å²) in [5, 5.41) is 19.2. The zero-order valence-corrected chi connectivity index (χ0v) is 18.6. The van der Waals surface area contributed by atoms with Gasteiger partial charge in [0.15, 0.2) is 0 Å². The Morgan fingerprint density at radius 3 is 2.52 bits per heavy atom. The second kappa shape index (κ2) is 9.09. The molecule has 0 spiro atoms. The van der Waals surface area contributed by atoms with Gasteiger partial charge in [0, 0.05) is 31.1 Å². The van der Waals surface area contributed by atoms with Gasteiger partial charge in [-0.3, -0.25) is 4.90 Å². The molecule has 2 aliphatic heterocycles. The second-order valence-corrected chi connectivity index (χ2v) is 10.6. The Balaban J connectivity index is 1.60. The van der Waals surface area contributed by atoms with E-state index in [9.17, 15) is 13.5 Å². The lowest BCUT2D eigenvalue weighted by molar-refractivity contribution is -0.0553. The van der Waals surface area contributed by atoms with E-state index in [1.807, 2.05) is 30.3 Å². The maximum Gasteiger partial charge on any atom is 0.213 e. The molecule has 0 aromatic heterocycles. The summed E-state index contributed by atoms with van der Waals surface area (Å²) in [5.74, 6) is 0.210. The van der Waals surface area contributed by atoms with Crippen LogP contribution in [-0.4, -0.2) is 66.8 Å². The molecule has 0 radical (unpaired) electrons. The molecule has 2 aromatic rings. The van der Waals surface area contributed by atoms with Crippen molar-refractivity contribution in [2.45, 2.75) is 37.8 Å². The van der Waals surface area contributed by atoms with Crippen LogP contribution in [0.2, 0.25) is 0 Å². The quantitative estimate of drug-likeness (QED) is 0.774. The number of hydrogen-bond donors (Lipinski definition) is 1. The van der Waals surface area contributed by atoms with E-state index in [1.54, 1.807) is 17.3 Å². The molecule has 2 heterocycles.